The van der Waals surface area contributed by atoms with Gasteiger partial charge in [0.15, 0.2) is 5.78 Å². The standard InChI is InChI=1S/C15H18N2O2/c1-10(2)19-13-7-8-16-15-14(13)12(9-17-15)6-4-5-11(3)18/h4-5,7-10H,6H2,1-3H3,(H,16,17)/b5-4+. The molecule has 0 fully saturated rings. The molecule has 2 rings (SSSR count). The van der Waals surface area contributed by atoms with Crippen LogP contribution in [-0.4, -0.2) is 21.9 Å². The van der Waals surface area contributed by atoms with Gasteiger partial charge in [0.1, 0.15) is 11.4 Å². The summed E-state index contributed by atoms with van der Waals surface area (Å²) in [6, 6.07) is 1.87. The molecular formula is C15H18N2O2. The van der Waals surface area contributed by atoms with Gasteiger partial charge in [-0.1, -0.05) is 6.08 Å². The summed E-state index contributed by atoms with van der Waals surface area (Å²) in [5, 5.41) is 0.990. The minimum absolute atomic E-state index is 0.0524. The van der Waals surface area contributed by atoms with Crippen LogP contribution in [-0.2, 0) is 11.2 Å². The third-order valence-electron chi connectivity index (χ3n) is 2.67. The zero-order valence-corrected chi connectivity index (χ0v) is 11.4. The number of pyridine rings is 1. The zero-order chi connectivity index (χ0) is 13.8. The molecule has 2 heterocycles. The van der Waals surface area contributed by atoms with Gasteiger partial charge in [-0.25, -0.2) is 4.98 Å². The number of ketones is 1. The molecule has 4 nitrogen and oxygen atoms in total. The molecule has 0 atom stereocenters. The smallest absolute Gasteiger partial charge is 0.152 e. The van der Waals surface area contributed by atoms with Crippen LogP contribution in [0.2, 0.25) is 0 Å². The number of hydrogen-bond acceptors (Lipinski definition) is 3. The summed E-state index contributed by atoms with van der Waals surface area (Å²) in [5.74, 6) is 0.879. The highest BCUT2D eigenvalue weighted by Gasteiger charge is 2.10. The Labute approximate surface area is 112 Å². The number of allylic oxidation sites excluding steroid dienone is 2. The number of nitrogens with zero attached hydrogens (tertiary/aromatic N) is 1. The van der Waals surface area contributed by atoms with Crippen LogP contribution in [0.4, 0.5) is 0 Å². The minimum atomic E-state index is 0.0524. The van der Waals surface area contributed by atoms with E-state index in [9.17, 15) is 4.79 Å². The molecule has 100 valence electrons. The van der Waals surface area contributed by atoms with Gasteiger partial charge in [-0.3, -0.25) is 4.79 Å². The number of aromatic nitrogens is 2. The molecule has 0 radical (unpaired) electrons. The molecule has 0 aromatic carbocycles. The lowest BCUT2D eigenvalue weighted by Gasteiger charge is -2.11. The first kappa shape index (κ1) is 13.3. The maximum Gasteiger partial charge on any atom is 0.152 e. The predicted molar refractivity (Wildman–Crippen MR) is 75.4 cm³/mol. The van der Waals surface area contributed by atoms with Crippen LogP contribution in [0.1, 0.15) is 26.3 Å². The van der Waals surface area contributed by atoms with Crippen LogP contribution in [0.25, 0.3) is 11.0 Å². The molecule has 0 bridgehead atoms. The lowest BCUT2D eigenvalue weighted by atomic mass is 10.1. The second-order valence-electron chi connectivity index (χ2n) is 4.73. The number of aromatic amines is 1. The van der Waals surface area contributed by atoms with Crippen molar-refractivity contribution in [2.24, 2.45) is 0 Å². The van der Waals surface area contributed by atoms with E-state index >= 15 is 0 Å². The van der Waals surface area contributed by atoms with Gasteiger partial charge in [-0.2, -0.15) is 0 Å². The van der Waals surface area contributed by atoms with Gasteiger partial charge in [0.05, 0.1) is 11.5 Å². The number of carbonyl (C=O) groups excluding carboxylic acids is 1. The van der Waals surface area contributed by atoms with Crippen molar-refractivity contribution in [3.63, 3.8) is 0 Å². The van der Waals surface area contributed by atoms with Crippen molar-refractivity contribution in [3.05, 3.63) is 36.2 Å². The second kappa shape index (κ2) is 5.69. The highest BCUT2D eigenvalue weighted by atomic mass is 16.5. The van der Waals surface area contributed by atoms with Crippen LogP contribution in [0.3, 0.4) is 0 Å². The van der Waals surface area contributed by atoms with Crippen molar-refractivity contribution in [2.45, 2.75) is 33.3 Å². The summed E-state index contributed by atoms with van der Waals surface area (Å²) in [5.41, 5.74) is 1.89. The Kier molecular flexibility index (Phi) is 4.00. The second-order valence-corrected chi connectivity index (χ2v) is 4.73. The van der Waals surface area contributed by atoms with Crippen LogP contribution in [0.5, 0.6) is 5.75 Å². The van der Waals surface area contributed by atoms with Gasteiger partial charge >= 0.3 is 0 Å². The summed E-state index contributed by atoms with van der Waals surface area (Å²) in [7, 11) is 0. The molecule has 2 aromatic rings. The van der Waals surface area contributed by atoms with Gasteiger partial charge in [0.25, 0.3) is 0 Å². The Balaban J connectivity index is 2.36. The third-order valence-corrected chi connectivity index (χ3v) is 2.67. The number of ether oxygens (including phenoxy) is 1. The van der Waals surface area contributed by atoms with E-state index in [0.29, 0.717) is 6.42 Å². The van der Waals surface area contributed by atoms with Crippen LogP contribution in [0, 0.1) is 0 Å². The molecular weight excluding hydrogens is 240 g/mol. The van der Waals surface area contributed by atoms with Gasteiger partial charge < -0.3 is 9.72 Å². The first-order valence-electron chi connectivity index (χ1n) is 6.36. The highest BCUT2D eigenvalue weighted by Crippen LogP contribution is 2.28. The Hall–Kier alpha value is -2.10. The summed E-state index contributed by atoms with van der Waals surface area (Å²) in [6.07, 6.45) is 7.87. The summed E-state index contributed by atoms with van der Waals surface area (Å²) in [4.78, 5) is 18.3. The molecule has 1 N–H and O–H groups in total. The van der Waals surface area contributed by atoms with Crippen LogP contribution < -0.4 is 4.74 Å². The Morgan fingerprint density at radius 2 is 2.32 bits per heavy atom. The number of rotatable bonds is 5. The average molecular weight is 258 g/mol. The topological polar surface area (TPSA) is 55.0 Å². The highest BCUT2D eigenvalue weighted by molar-refractivity contribution is 5.88. The maximum atomic E-state index is 10.9. The van der Waals surface area contributed by atoms with Crippen LogP contribution in [0.15, 0.2) is 30.6 Å². The quantitative estimate of drug-likeness (QED) is 0.839. The molecule has 0 amide bonds. The van der Waals surface area contributed by atoms with Gasteiger partial charge in [-0.05, 0) is 44.9 Å². The number of hydrogen-bond donors (Lipinski definition) is 1. The van der Waals surface area contributed by atoms with Crippen molar-refractivity contribution < 1.29 is 9.53 Å². The van der Waals surface area contributed by atoms with E-state index in [-0.39, 0.29) is 11.9 Å². The molecule has 0 saturated heterocycles. The number of nitrogens with one attached hydrogen (secondary N) is 1. The zero-order valence-electron chi connectivity index (χ0n) is 11.4. The summed E-state index contributed by atoms with van der Waals surface area (Å²) >= 11 is 0. The number of H-pyrrole nitrogens is 1. The first-order chi connectivity index (χ1) is 9.08. The number of carbonyl (C=O) groups is 1. The van der Waals surface area contributed by atoms with E-state index < -0.39 is 0 Å². The van der Waals surface area contributed by atoms with Gasteiger partial charge in [0, 0.05) is 12.4 Å². The molecule has 4 heteroatoms. The SMILES string of the molecule is CC(=O)/C=C/Cc1c[nH]c2nccc(OC(C)C)c12. The van der Waals surface area contributed by atoms with E-state index in [1.165, 1.54) is 0 Å². The van der Waals surface area contributed by atoms with Gasteiger partial charge in [0.2, 0.25) is 0 Å². The average Bonchev–Trinajstić information content (AvgIpc) is 2.72. The molecule has 0 spiro atoms. The fraction of sp³-hybridized carbons (Fsp3) is 0.333. The third kappa shape index (κ3) is 3.22. The lowest BCUT2D eigenvalue weighted by Crippen LogP contribution is -2.06. The largest absolute Gasteiger partial charge is 0.490 e. The first-order valence-corrected chi connectivity index (χ1v) is 6.36. The van der Waals surface area contributed by atoms with Crippen molar-refractivity contribution in [2.75, 3.05) is 0 Å². The minimum Gasteiger partial charge on any atom is -0.490 e. The lowest BCUT2D eigenvalue weighted by molar-refractivity contribution is -0.112. The van der Waals surface area contributed by atoms with E-state index in [1.807, 2.05) is 32.2 Å². The number of fused-ring (bicyclic) bond motifs is 1. The van der Waals surface area contributed by atoms with Gasteiger partial charge in [-0.15, -0.1) is 0 Å². The summed E-state index contributed by atoms with van der Waals surface area (Å²) < 4.78 is 5.80. The van der Waals surface area contributed by atoms with Crippen molar-refractivity contribution in [1.29, 1.82) is 0 Å². The molecule has 0 unspecified atom stereocenters. The summed E-state index contributed by atoms with van der Waals surface area (Å²) in [6.45, 7) is 5.53. The normalized spacial score (nSPS) is 11.6. The molecule has 0 aliphatic rings. The van der Waals surface area contributed by atoms with Crippen molar-refractivity contribution >= 4 is 16.8 Å². The molecule has 0 saturated carbocycles. The molecule has 0 aliphatic carbocycles. The van der Waals surface area contributed by atoms with E-state index in [1.54, 1.807) is 19.2 Å². The Morgan fingerprint density at radius 1 is 1.53 bits per heavy atom. The molecule has 19 heavy (non-hydrogen) atoms. The van der Waals surface area contributed by atoms with E-state index in [4.69, 9.17) is 4.74 Å². The van der Waals surface area contributed by atoms with Crippen molar-refractivity contribution in [3.8, 4) is 5.75 Å². The molecule has 2 aromatic heterocycles. The van der Waals surface area contributed by atoms with Crippen LogP contribution >= 0.6 is 0 Å². The monoisotopic (exact) mass is 258 g/mol. The Morgan fingerprint density at radius 3 is 3.00 bits per heavy atom. The predicted octanol–water partition coefficient (Wildman–Crippen LogP) is 3.04. The molecule has 0 aliphatic heterocycles. The Bertz CT molecular complexity index is 612. The van der Waals surface area contributed by atoms with Crippen molar-refractivity contribution in [1.82, 2.24) is 9.97 Å². The van der Waals surface area contributed by atoms with E-state index in [0.717, 1.165) is 22.3 Å². The van der Waals surface area contributed by atoms with E-state index in [2.05, 4.69) is 9.97 Å². The maximum absolute atomic E-state index is 10.9. The fourth-order valence-electron chi connectivity index (χ4n) is 1.96. The fourth-order valence-corrected chi connectivity index (χ4v) is 1.96.